The fourth-order valence-corrected chi connectivity index (χ4v) is 2.70. The molecule has 0 aromatic heterocycles. The van der Waals surface area contributed by atoms with Crippen LogP contribution in [0.3, 0.4) is 0 Å². The molecule has 0 heterocycles. The van der Waals surface area contributed by atoms with Crippen LogP contribution in [0.4, 0.5) is 0 Å². The second kappa shape index (κ2) is 7.34. The fraction of sp³-hybridized carbons (Fsp3) is 0.786. The van der Waals surface area contributed by atoms with Crippen LogP contribution in [0.15, 0.2) is 0 Å². The van der Waals surface area contributed by atoms with Crippen molar-refractivity contribution in [3.63, 3.8) is 0 Å². The predicted octanol–water partition coefficient (Wildman–Crippen LogP) is 1.62. The Labute approximate surface area is 105 Å². The van der Waals surface area contributed by atoms with Gasteiger partial charge in [-0.05, 0) is 31.7 Å². The molecule has 17 heavy (non-hydrogen) atoms. The Morgan fingerprint density at radius 3 is 2.76 bits per heavy atom. The topological polar surface area (TPSA) is 46.3 Å². The predicted molar refractivity (Wildman–Crippen MR) is 70.2 cm³/mol. The summed E-state index contributed by atoms with van der Waals surface area (Å²) in [5.41, 5.74) is 5.77. The van der Waals surface area contributed by atoms with E-state index >= 15 is 0 Å². The Morgan fingerprint density at radius 2 is 2.18 bits per heavy atom. The Balaban J connectivity index is 2.67. The first-order chi connectivity index (χ1) is 8.24. The molecule has 1 saturated carbocycles. The van der Waals surface area contributed by atoms with Crippen molar-refractivity contribution in [3.8, 4) is 12.3 Å². The van der Waals surface area contributed by atoms with Crippen LogP contribution >= 0.6 is 0 Å². The molecule has 1 rings (SSSR count). The van der Waals surface area contributed by atoms with Gasteiger partial charge in [0.05, 0.1) is 6.54 Å². The highest BCUT2D eigenvalue weighted by Gasteiger charge is 2.32. The average Bonchev–Trinajstić information content (AvgIpc) is 2.37. The second-order valence-electron chi connectivity index (χ2n) is 4.85. The maximum absolute atomic E-state index is 12.4. The minimum atomic E-state index is 0.105. The molecule has 0 aliphatic heterocycles. The highest BCUT2D eigenvalue weighted by molar-refractivity contribution is 5.79. The Morgan fingerprint density at radius 1 is 1.47 bits per heavy atom. The molecule has 0 bridgehead atoms. The van der Waals surface area contributed by atoms with Gasteiger partial charge in [0.25, 0.3) is 0 Å². The van der Waals surface area contributed by atoms with Crippen LogP contribution in [0.25, 0.3) is 0 Å². The molecule has 1 fully saturated rings. The van der Waals surface area contributed by atoms with Gasteiger partial charge in [-0.3, -0.25) is 4.79 Å². The first-order valence-electron chi connectivity index (χ1n) is 6.66. The summed E-state index contributed by atoms with van der Waals surface area (Å²) in [6.45, 7) is 3.88. The van der Waals surface area contributed by atoms with Crippen molar-refractivity contribution in [2.24, 2.45) is 17.6 Å². The van der Waals surface area contributed by atoms with Crippen LogP contribution in [0, 0.1) is 24.2 Å². The molecule has 1 aliphatic carbocycles. The molecule has 1 aliphatic rings. The summed E-state index contributed by atoms with van der Waals surface area (Å²) >= 11 is 0. The largest absolute Gasteiger partial charge is 0.331 e. The number of carbonyl (C=O) groups excluding carboxylic acids is 1. The number of amides is 1. The van der Waals surface area contributed by atoms with Crippen molar-refractivity contribution >= 4 is 5.91 Å². The van der Waals surface area contributed by atoms with E-state index in [0.29, 0.717) is 19.0 Å². The summed E-state index contributed by atoms with van der Waals surface area (Å²) < 4.78 is 0. The summed E-state index contributed by atoms with van der Waals surface area (Å²) in [6.07, 6.45) is 10.7. The van der Waals surface area contributed by atoms with Crippen LogP contribution in [-0.4, -0.2) is 30.4 Å². The van der Waals surface area contributed by atoms with Crippen LogP contribution in [0.2, 0.25) is 0 Å². The molecule has 2 unspecified atom stereocenters. The maximum Gasteiger partial charge on any atom is 0.226 e. The molecule has 0 spiro atoms. The zero-order chi connectivity index (χ0) is 12.7. The van der Waals surface area contributed by atoms with Crippen LogP contribution < -0.4 is 5.73 Å². The number of carbonyl (C=O) groups is 1. The van der Waals surface area contributed by atoms with Gasteiger partial charge in [-0.25, -0.2) is 0 Å². The van der Waals surface area contributed by atoms with Crippen LogP contribution in [-0.2, 0) is 4.79 Å². The lowest BCUT2D eigenvalue weighted by atomic mass is 9.78. The van der Waals surface area contributed by atoms with E-state index in [2.05, 4.69) is 12.8 Å². The number of rotatable bonds is 5. The van der Waals surface area contributed by atoms with Gasteiger partial charge in [0.15, 0.2) is 0 Å². The highest BCUT2D eigenvalue weighted by Crippen LogP contribution is 2.30. The average molecular weight is 236 g/mol. The van der Waals surface area contributed by atoms with Crippen molar-refractivity contribution < 1.29 is 4.79 Å². The standard InChI is InChI=1S/C14H24N2O/c1-3-9-16(10-4-2)14(17)13-8-6-5-7-12(13)11-15/h1,12-13H,4-11,15H2,2H3. The molecule has 3 heteroatoms. The quantitative estimate of drug-likeness (QED) is 0.737. The monoisotopic (exact) mass is 236 g/mol. The third-order valence-corrected chi connectivity index (χ3v) is 3.62. The number of hydrogen-bond donors (Lipinski definition) is 1. The molecular formula is C14H24N2O. The first kappa shape index (κ1) is 14.1. The van der Waals surface area contributed by atoms with E-state index in [4.69, 9.17) is 12.2 Å². The van der Waals surface area contributed by atoms with E-state index in [1.807, 2.05) is 4.90 Å². The van der Waals surface area contributed by atoms with E-state index in [1.54, 1.807) is 0 Å². The molecule has 0 aromatic carbocycles. The Hall–Kier alpha value is -1.01. The lowest BCUT2D eigenvalue weighted by molar-refractivity contribution is -0.137. The lowest BCUT2D eigenvalue weighted by Gasteiger charge is -2.33. The summed E-state index contributed by atoms with van der Waals surface area (Å²) in [5, 5.41) is 0. The number of nitrogens with zero attached hydrogens (tertiary/aromatic N) is 1. The zero-order valence-corrected chi connectivity index (χ0v) is 10.8. The van der Waals surface area contributed by atoms with Crippen molar-refractivity contribution in [2.45, 2.75) is 39.0 Å². The van der Waals surface area contributed by atoms with Crippen LogP contribution in [0.1, 0.15) is 39.0 Å². The highest BCUT2D eigenvalue weighted by atomic mass is 16.2. The third-order valence-electron chi connectivity index (χ3n) is 3.62. The third kappa shape index (κ3) is 3.74. The molecular weight excluding hydrogens is 212 g/mol. The van der Waals surface area contributed by atoms with E-state index in [1.165, 1.54) is 6.42 Å². The van der Waals surface area contributed by atoms with Crippen molar-refractivity contribution in [1.29, 1.82) is 0 Å². The summed E-state index contributed by atoms with van der Waals surface area (Å²) in [5.74, 6) is 3.26. The zero-order valence-electron chi connectivity index (χ0n) is 10.8. The summed E-state index contributed by atoms with van der Waals surface area (Å²) in [7, 11) is 0. The van der Waals surface area contributed by atoms with Crippen molar-refractivity contribution in [1.82, 2.24) is 4.90 Å². The van der Waals surface area contributed by atoms with Crippen LogP contribution in [0.5, 0.6) is 0 Å². The SMILES string of the molecule is C#CCN(CCC)C(=O)C1CCCCC1CN. The van der Waals surface area contributed by atoms with Gasteiger partial charge in [0.1, 0.15) is 0 Å². The van der Waals surface area contributed by atoms with Gasteiger partial charge in [0.2, 0.25) is 5.91 Å². The molecule has 2 N–H and O–H groups in total. The summed E-state index contributed by atoms with van der Waals surface area (Å²) in [6, 6.07) is 0. The van der Waals surface area contributed by atoms with Gasteiger partial charge < -0.3 is 10.6 Å². The molecule has 3 nitrogen and oxygen atoms in total. The van der Waals surface area contributed by atoms with Gasteiger partial charge in [-0.2, -0.15) is 0 Å². The van der Waals surface area contributed by atoms with Gasteiger partial charge in [-0.15, -0.1) is 6.42 Å². The molecule has 0 aromatic rings. The van der Waals surface area contributed by atoms with Gasteiger partial charge in [0, 0.05) is 12.5 Å². The lowest BCUT2D eigenvalue weighted by Crippen LogP contribution is -2.42. The molecule has 1 amide bonds. The van der Waals surface area contributed by atoms with Crippen molar-refractivity contribution in [3.05, 3.63) is 0 Å². The first-order valence-corrected chi connectivity index (χ1v) is 6.66. The Kier molecular flexibility index (Phi) is 6.07. The van der Waals surface area contributed by atoms with E-state index in [-0.39, 0.29) is 11.8 Å². The summed E-state index contributed by atoms with van der Waals surface area (Å²) in [4.78, 5) is 14.2. The fourth-order valence-electron chi connectivity index (χ4n) is 2.70. The minimum Gasteiger partial charge on any atom is -0.331 e. The maximum atomic E-state index is 12.4. The van der Waals surface area contributed by atoms with E-state index in [9.17, 15) is 4.79 Å². The molecule has 2 atom stereocenters. The smallest absolute Gasteiger partial charge is 0.226 e. The Bertz CT molecular complexity index is 282. The van der Waals surface area contributed by atoms with Crippen molar-refractivity contribution in [2.75, 3.05) is 19.6 Å². The van der Waals surface area contributed by atoms with E-state index < -0.39 is 0 Å². The van der Waals surface area contributed by atoms with Gasteiger partial charge >= 0.3 is 0 Å². The molecule has 96 valence electrons. The second-order valence-corrected chi connectivity index (χ2v) is 4.85. The number of hydrogen-bond acceptors (Lipinski definition) is 2. The van der Waals surface area contributed by atoms with E-state index in [0.717, 1.165) is 32.2 Å². The molecule has 0 radical (unpaired) electrons. The number of nitrogens with two attached hydrogens (primary N) is 1. The normalized spacial score (nSPS) is 24.1. The number of terminal acetylenes is 1. The molecule has 0 saturated heterocycles. The van der Waals surface area contributed by atoms with Gasteiger partial charge in [-0.1, -0.05) is 25.7 Å². The minimum absolute atomic E-state index is 0.105.